The molecular formula is C12H7NO2. The summed E-state index contributed by atoms with van der Waals surface area (Å²) in [5.41, 5.74) is 0.286. The van der Waals surface area contributed by atoms with Gasteiger partial charge in [-0.15, -0.1) is 0 Å². The zero-order valence-corrected chi connectivity index (χ0v) is 7.81. The van der Waals surface area contributed by atoms with Crippen LogP contribution in [0.2, 0.25) is 0 Å². The Morgan fingerprint density at radius 3 is 2.80 bits per heavy atom. The van der Waals surface area contributed by atoms with Gasteiger partial charge in [0, 0.05) is 23.2 Å². The highest BCUT2D eigenvalue weighted by Gasteiger charge is 2.05. The molecule has 72 valence electrons. The summed E-state index contributed by atoms with van der Waals surface area (Å²) in [4.78, 5) is 15.6. The van der Waals surface area contributed by atoms with E-state index in [2.05, 4.69) is 4.98 Å². The highest BCUT2D eigenvalue weighted by Crippen LogP contribution is 2.20. The number of hydrogen-bond acceptors (Lipinski definition) is 3. The van der Waals surface area contributed by atoms with Gasteiger partial charge in [-0.1, -0.05) is 18.2 Å². The topological polar surface area (TPSA) is 43.1 Å². The molecule has 0 fully saturated rings. The maximum Gasteiger partial charge on any atom is 0.344 e. The molecule has 0 aliphatic heterocycles. The Kier molecular flexibility index (Phi) is 1.59. The van der Waals surface area contributed by atoms with E-state index in [1.54, 1.807) is 24.5 Å². The molecule has 0 aliphatic rings. The predicted octanol–water partition coefficient (Wildman–Crippen LogP) is 2.34. The van der Waals surface area contributed by atoms with E-state index >= 15 is 0 Å². The first-order chi connectivity index (χ1) is 7.36. The van der Waals surface area contributed by atoms with Crippen molar-refractivity contribution in [3.05, 3.63) is 53.1 Å². The van der Waals surface area contributed by atoms with E-state index in [0.717, 1.165) is 10.8 Å². The highest BCUT2D eigenvalue weighted by atomic mass is 16.4. The minimum absolute atomic E-state index is 0.314. The summed E-state index contributed by atoms with van der Waals surface area (Å²) in [7, 11) is 0. The van der Waals surface area contributed by atoms with Crippen LogP contribution in [0, 0.1) is 0 Å². The van der Waals surface area contributed by atoms with Gasteiger partial charge in [-0.25, -0.2) is 4.79 Å². The molecule has 2 aromatic heterocycles. The van der Waals surface area contributed by atoms with Crippen LogP contribution in [-0.4, -0.2) is 4.98 Å². The number of para-hydroxylation sites is 1. The first kappa shape index (κ1) is 8.17. The molecule has 0 saturated heterocycles. The van der Waals surface area contributed by atoms with Crippen LogP contribution in [0.15, 0.2) is 51.9 Å². The minimum atomic E-state index is -0.314. The van der Waals surface area contributed by atoms with Crippen LogP contribution < -0.4 is 5.63 Å². The lowest BCUT2D eigenvalue weighted by Gasteiger charge is -2.00. The molecule has 0 aliphatic carbocycles. The van der Waals surface area contributed by atoms with Gasteiger partial charge in [0.2, 0.25) is 0 Å². The third-order valence-electron chi connectivity index (χ3n) is 2.42. The van der Waals surface area contributed by atoms with Crippen molar-refractivity contribution >= 4 is 21.7 Å². The predicted molar refractivity (Wildman–Crippen MR) is 57.8 cm³/mol. The van der Waals surface area contributed by atoms with Crippen molar-refractivity contribution in [3.8, 4) is 0 Å². The second kappa shape index (κ2) is 2.92. The van der Waals surface area contributed by atoms with Crippen LogP contribution in [0.5, 0.6) is 0 Å². The summed E-state index contributed by atoms with van der Waals surface area (Å²) < 4.78 is 5.19. The number of benzene rings is 1. The molecule has 3 aromatic rings. The van der Waals surface area contributed by atoms with Crippen molar-refractivity contribution in [2.45, 2.75) is 0 Å². The average molecular weight is 197 g/mol. The average Bonchev–Trinajstić information content (AvgIpc) is 2.30. The van der Waals surface area contributed by atoms with Gasteiger partial charge in [0.1, 0.15) is 5.58 Å². The second-order valence-electron chi connectivity index (χ2n) is 3.31. The van der Waals surface area contributed by atoms with Crippen LogP contribution in [-0.2, 0) is 0 Å². The lowest BCUT2D eigenvalue weighted by molar-refractivity contribution is 0.569. The zero-order chi connectivity index (χ0) is 10.3. The normalized spacial score (nSPS) is 10.9. The number of rotatable bonds is 0. The van der Waals surface area contributed by atoms with Crippen LogP contribution >= 0.6 is 0 Å². The summed E-state index contributed by atoms with van der Waals surface area (Å²) in [5.74, 6) is 0. The van der Waals surface area contributed by atoms with Gasteiger partial charge in [-0.05, 0) is 12.1 Å². The summed E-state index contributed by atoms with van der Waals surface area (Å²) in [6.07, 6.45) is 3.28. The van der Waals surface area contributed by atoms with Gasteiger partial charge in [0.05, 0.1) is 5.39 Å². The molecule has 0 N–H and O–H groups in total. The Morgan fingerprint density at radius 2 is 1.87 bits per heavy atom. The molecule has 0 unspecified atom stereocenters. The number of nitrogens with zero attached hydrogens (tertiary/aromatic N) is 1. The number of aromatic nitrogens is 1. The molecule has 0 bridgehead atoms. The van der Waals surface area contributed by atoms with Crippen LogP contribution in [0.3, 0.4) is 0 Å². The standard InChI is InChI=1S/C12H7NO2/c14-12-9-5-6-13-7-10(9)8-3-1-2-4-11(8)15-12/h1-7H. The monoisotopic (exact) mass is 197 g/mol. The summed E-state index contributed by atoms with van der Waals surface area (Å²) >= 11 is 0. The van der Waals surface area contributed by atoms with Crippen LogP contribution in [0.25, 0.3) is 21.7 Å². The fraction of sp³-hybridized carbons (Fsp3) is 0. The van der Waals surface area contributed by atoms with Crippen molar-refractivity contribution < 1.29 is 4.42 Å². The minimum Gasteiger partial charge on any atom is -0.422 e. The van der Waals surface area contributed by atoms with Crippen molar-refractivity contribution in [2.75, 3.05) is 0 Å². The summed E-state index contributed by atoms with van der Waals surface area (Å²) in [6.45, 7) is 0. The maximum absolute atomic E-state index is 11.6. The quantitative estimate of drug-likeness (QED) is 0.410. The Balaban J connectivity index is 2.70. The van der Waals surface area contributed by atoms with E-state index in [4.69, 9.17) is 4.42 Å². The number of fused-ring (bicyclic) bond motifs is 3. The first-order valence-corrected chi connectivity index (χ1v) is 4.62. The van der Waals surface area contributed by atoms with E-state index in [9.17, 15) is 4.79 Å². The van der Waals surface area contributed by atoms with Gasteiger partial charge in [0.25, 0.3) is 0 Å². The second-order valence-corrected chi connectivity index (χ2v) is 3.31. The van der Waals surface area contributed by atoms with Gasteiger partial charge >= 0.3 is 5.63 Å². The van der Waals surface area contributed by atoms with Gasteiger partial charge in [0.15, 0.2) is 0 Å². The van der Waals surface area contributed by atoms with E-state index in [1.165, 1.54) is 0 Å². The van der Waals surface area contributed by atoms with Gasteiger partial charge in [-0.2, -0.15) is 0 Å². The first-order valence-electron chi connectivity index (χ1n) is 4.62. The Hall–Kier alpha value is -2.16. The molecule has 3 rings (SSSR count). The fourth-order valence-electron chi connectivity index (χ4n) is 1.72. The Labute approximate surface area is 85.0 Å². The summed E-state index contributed by atoms with van der Waals surface area (Å²) in [5, 5.41) is 2.33. The number of pyridine rings is 1. The SMILES string of the molecule is O=c1oc2ccccc2c2cnccc12. The van der Waals surface area contributed by atoms with Crippen molar-refractivity contribution in [3.63, 3.8) is 0 Å². The van der Waals surface area contributed by atoms with Gasteiger partial charge in [-0.3, -0.25) is 4.98 Å². The molecule has 0 atom stereocenters. The molecule has 0 saturated carbocycles. The molecule has 3 heteroatoms. The number of hydrogen-bond donors (Lipinski definition) is 0. The summed E-state index contributed by atoms with van der Waals surface area (Å²) in [6, 6.07) is 9.13. The van der Waals surface area contributed by atoms with E-state index < -0.39 is 0 Å². The van der Waals surface area contributed by atoms with Crippen molar-refractivity contribution in [1.82, 2.24) is 4.98 Å². The molecule has 0 spiro atoms. The molecule has 2 heterocycles. The molecule has 1 aromatic carbocycles. The van der Waals surface area contributed by atoms with E-state index in [1.807, 2.05) is 18.2 Å². The molecule has 0 amide bonds. The molecular weight excluding hydrogens is 190 g/mol. The third kappa shape index (κ3) is 1.13. The van der Waals surface area contributed by atoms with Crippen LogP contribution in [0.1, 0.15) is 0 Å². The zero-order valence-electron chi connectivity index (χ0n) is 7.81. The molecule has 3 nitrogen and oxygen atoms in total. The maximum atomic E-state index is 11.6. The lowest BCUT2D eigenvalue weighted by atomic mass is 10.1. The van der Waals surface area contributed by atoms with Crippen molar-refractivity contribution in [1.29, 1.82) is 0 Å². The van der Waals surface area contributed by atoms with Gasteiger partial charge < -0.3 is 4.42 Å². The molecule has 0 radical (unpaired) electrons. The van der Waals surface area contributed by atoms with E-state index in [0.29, 0.717) is 11.0 Å². The largest absolute Gasteiger partial charge is 0.422 e. The Bertz CT molecular complexity index is 700. The Morgan fingerprint density at radius 1 is 1.00 bits per heavy atom. The third-order valence-corrected chi connectivity index (χ3v) is 2.42. The smallest absolute Gasteiger partial charge is 0.344 e. The molecule has 15 heavy (non-hydrogen) atoms. The van der Waals surface area contributed by atoms with E-state index in [-0.39, 0.29) is 5.63 Å². The lowest BCUT2D eigenvalue weighted by Crippen LogP contribution is -1.99. The fourth-order valence-corrected chi connectivity index (χ4v) is 1.72. The highest BCUT2D eigenvalue weighted by molar-refractivity contribution is 6.03. The van der Waals surface area contributed by atoms with Crippen LogP contribution in [0.4, 0.5) is 0 Å². The van der Waals surface area contributed by atoms with Crippen molar-refractivity contribution in [2.24, 2.45) is 0 Å².